The van der Waals surface area contributed by atoms with Gasteiger partial charge in [-0.3, -0.25) is 9.59 Å². The number of amides is 2. The molecule has 2 heterocycles. The average Bonchev–Trinajstić information content (AvgIpc) is 3.13. The van der Waals surface area contributed by atoms with Crippen LogP contribution in [0.15, 0.2) is 24.3 Å². The normalized spacial score (nSPS) is 15.9. The summed E-state index contributed by atoms with van der Waals surface area (Å²) >= 11 is 0. The number of hydrogen-bond donors (Lipinski definition) is 1. The number of nitrogens with zero attached hydrogens (tertiary/aromatic N) is 5. The maximum Gasteiger partial charge on any atom is 0.247 e. The summed E-state index contributed by atoms with van der Waals surface area (Å²) in [5.41, 5.74) is 0.835. The highest BCUT2D eigenvalue weighted by Gasteiger charge is 2.31. The Hall–Kier alpha value is -2.84. The minimum absolute atomic E-state index is 0.0655. The molecule has 0 aliphatic carbocycles. The minimum atomic E-state index is -0.596. The molecule has 1 aliphatic heterocycles. The molecule has 2 aromatic rings. The van der Waals surface area contributed by atoms with Crippen LogP contribution in [0.4, 0.5) is 4.39 Å². The van der Waals surface area contributed by atoms with Crippen molar-refractivity contribution in [2.24, 2.45) is 0 Å². The van der Waals surface area contributed by atoms with Gasteiger partial charge in [-0.25, -0.2) is 9.07 Å². The van der Waals surface area contributed by atoms with Gasteiger partial charge in [0.15, 0.2) is 0 Å². The first-order valence-electron chi connectivity index (χ1n) is 10.0. The van der Waals surface area contributed by atoms with Crippen molar-refractivity contribution in [1.82, 2.24) is 30.4 Å². The van der Waals surface area contributed by atoms with Crippen LogP contribution in [0.3, 0.4) is 0 Å². The highest BCUT2D eigenvalue weighted by molar-refractivity contribution is 5.81. The van der Waals surface area contributed by atoms with Gasteiger partial charge in [-0.05, 0) is 54.3 Å². The molecule has 3 rings (SSSR count). The van der Waals surface area contributed by atoms with Crippen LogP contribution in [0.1, 0.15) is 50.0 Å². The second kappa shape index (κ2) is 9.58. The zero-order valence-electron chi connectivity index (χ0n) is 16.8. The van der Waals surface area contributed by atoms with Crippen molar-refractivity contribution < 1.29 is 14.0 Å². The number of hydrogen-bond acceptors (Lipinski definition) is 5. The number of halogens is 1. The van der Waals surface area contributed by atoms with E-state index < -0.39 is 6.04 Å². The third-order valence-corrected chi connectivity index (χ3v) is 5.23. The molecule has 156 valence electrons. The number of aromatic nitrogens is 4. The van der Waals surface area contributed by atoms with Crippen LogP contribution in [0, 0.1) is 12.7 Å². The predicted octanol–water partition coefficient (Wildman–Crippen LogP) is 1.81. The summed E-state index contributed by atoms with van der Waals surface area (Å²) in [6.45, 7) is 4.86. The molecule has 2 amide bonds. The third kappa shape index (κ3) is 5.36. The highest BCUT2D eigenvalue weighted by atomic mass is 19.1. The smallest absolute Gasteiger partial charge is 0.247 e. The Morgan fingerprint density at radius 1 is 1.24 bits per heavy atom. The van der Waals surface area contributed by atoms with Crippen LogP contribution in [0.25, 0.3) is 0 Å². The first kappa shape index (κ1) is 20.9. The molecule has 1 atom stereocenters. The van der Waals surface area contributed by atoms with E-state index in [9.17, 15) is 14.0 Å². The Morgan fingerprint density at radius 3 is 2.52 bits per heavy atom. The lowest BCUT2D eigenvalue weighted by Crippen LogP contribution is -2.48. The van der Waals surface area contributed by atoms with Gasteiger partial charge >= 0.3 is 0 Å². The average molecular weight is 402 g/mol. The van der Waals surface area contributed by atoms with E-state index in [1.807, 2.05) is 6.92 Å². The lowest BCUT2D eigenvalue weighted by atomic mass is 10.0. The van der Waals surface area contributed by atoms with Crippen LogP contribution in [-0.4, -0.2) is 56.1 Å². The Bertz CT molecular complexity index is 830. The van der Waals surface area contributed by atoms with Crippen LogP contribution in [0.2, 0.25) is 0 Å². The van der Waals surface area contributed by atoms with Crippen LogP contribution < -0.4 is 5.32 Å². The van der Waals surface area contributed by atoms with E-state index >= 15 is 0 Å². The van der Waals surface area contributed by atoms with Crippen molar-refractivity contribution in [1.29, 1.82) is 0 Å². The summed E-state index contributed by atoms with van der Waals surface area (Å²) < 4.78 is 14.8. The number of carbonyl (C=O) groups excluding carboxylic acids is 2. The van der Waals surface area contributed by atoms with Gasteiger partial charge in [-0.2, -0.15) is 0 Å². The number of nitrogens with one attached hydrogen (secondary N) is 1. The first-order valence-corrected chi connectivity index (χ1v) is 10.0. The quantitative estimate of drug-likeness (QED) is 0.762. The zero-order chi connectivity index (χ0) is 20.8. The van der Waals surface area contributed by atoms with Gasteiger partial charge in [0.25, 0.3) is 0 Å². The van der Waals surface area contributed by atoms with E-state index in [1.54, 1.807) is 24.0 Å². The summed E-state index contributed by atoms with van der Waals surface area (Å²) in [6.07, 6.45) is 3.16. The highest BCUT2D eigenvalue weighted by Crippen LogP contribution is 2.21. The van der Waals surface area contributed by atoms with Crippen molar-refractivity contribution in [3.05, 3.63) is 41.5 Å². The van der Waals surface area contributed by atoms with Gasteiger partial charge in [0.05, 0.1) is 0 Å². The van der Waals surface area contributed by atoms with E-state index in [4.69, 9.17) is 0 Å². The molecular weight excluding hydrogens is 375 g/mol. The summed E-state index contributed by atoms with van der Waals surface area (Å²) in [5, 5.41) is 14.6. The topological polar surface area (TPSA) is 93.0 Å². The molecule has 1 fully saturated rings. The van der Waals surface area contributed by atoms with E-state index in [1.165, 1.54) is 16.8 Å². The Balaban J connectivity index is 1.68. The Kier molecular flexibility index (Phi) is 6.90. The molecule has 0 saturated carbocycles. The van der Waals surface area contributed by atoms with Crippen molar-refractivity contribution in [3.63, 3.8) is 0 Å². The molecule has 1 unspecified atom stereocenters. The molecule has 1 aromatic carbocycles. The van der Waals surface area contributed by atoms with Crippen molar-refractivity contribution in [2.45, 2.75) is 58.0 Å². The molecule has 9 heteroatoms. The van der Waals surface area contributed by atoms with Gasteiger partial charge in [-0.1, -0.05) is 19.1 Å². The molecular formula is C20H27FN6O2. The maximum absolute atomic E-state index is 13.3. The van der Waals surface area contributed by atoms with Gasteiger partial charge in [-0.15, -0.1) is 5.10 Å². The van der Waals surface area contributed by atoms with Gasteiger partial charge in [0.2, 0.25) is 11.8 Å². The fraction of sp³-hybridized carbons (Fsp3) is 0.550. The van der Waals surface area contributed by atoms with Gasteiger partial charge in [0, 0.05) is 32.0 Å². The molecule has 8 nitrogen and oxygen atoms in total. The summed E-state index contributed by atoms with van der Waals surface area (Å²) in [4.78, 5) is 26.9. The van der Waals surface area contributed by atoms with E-state index in [2.05, 4.69) is 20.8 Å². The van der Waals surface area contributed by atoms with Gasteiger partial charge < -0.3 is 10.2 Å². The second-order valence-electron chi connectivity index (χ2n) is 7.43. The number of carbonyl (C=O) groups is 2. The fourth-order valence-corrected chi connectivity index (χ4v) is 3.63. The lowest BCUT2D eigenvalue weighted by Gasteiger charge is -2.34. The molecule has 0 bridgehead atoms. The van der Waals surface area contributed by atoms with E-state index in [0.717, 1.165) is 24.8 Å². The molecule has 29 heavy (non-hydrogen) atoms. The van der Waals surface area contributed by atoms with E-state index in [-0.39, 0.29) is 23.7 Å². The number of benzene rings is 1. The number of likely N-dealkylation sites (tertiary alicyclic amines) is 1. The molecule has 1 saturated heterocycles. The second-order valence-corrected chi connectivity index (χ2v) is 7.43. The standard InChI is InChI=1S/C20H27FN6O2/c1-3-4-19(28)22-17-9-11-26(12-10-17)20(29)18(27-14(2)23-24-25-27)13-15-5-7-16(21)8-6-15/h5-8,17-18H,3-4,9-13H2,1-2H3,(H,22,28). The fourth-order valence-electron chi connectivity index (χ4n) is 3.63. The van der Waals surface area contributed by atoms with Crippen molar-refractivity contribution in [2.75, 3.05) is 13.1 Å². The summed E-state index contributed by atoms with van der Waals surface area (Å²) in [6, 6.07) is 5.61. The Labute approximate surface area is 169 Å². The van der Waals surface area contributed by atoms with Crippen LogP contribution >= 0.6 is 0 Å². The predicted molar refractivity (Wildman–Crippen MR) is 104 cm³/mol. The van der Waals surface area contributed by atoms with Crippen LogP contribution in [-0.2, 0) is 16.0 Å². The van der Waals surface area contributed by atoms with Crippen molar-refractivity contribution >= 4 is 11.8 Å². The van der Waals surface area contributed by atoms with Crippen LogP contribution in [0.5, 0.6) is 0 Å². The molecule has 1 aliphatic rings. The lowest BCUT2D eigenvalue weighted by molar-refractivity contribution is -0.136. The monoisotopic (exact) mass is 402 g/mol. The first-order chi connectivity index (χ1) is 14.0. The van der Waals surface area contributed by atoms with E-state index in [0.29, 0.717) is 31.8 Å². The molecule has 1 aromatic heterocycles. The molecule has 0 spiro atoms. The zero-order valence-corrected chi connectivity index (χ0v) is 16.8. The Morgan fingerprint density at radius 2 is 1.93 bits per heavy atom. The molecule has 0 radical (unpaired) electrons. The minimum Gasteiger partial charge on any atom is -0.353 e. The number of piperidine rings is 1. The summed E-state index contributed by atoms with van der Waals surface area (Å²) in [5.74, 6) is 0.230. The number of rotatable bonds is 7. The van der Waals surface area contributed by atoms with Gasteiger partial charge in [0.1, 0.15) is 17.7 Å². The summed E-state index contributed by atoms with van der Waals surface area (Å²) in [7, 11) is 0. The SMILES string of the molecule is CCCC(=O)NC1CCN(C(=O)C(Cc2ccc(F)cc2)n2nnnc2C)CC1. The maximum atomic E-state index is 13.3. The molecule has 1 N–H and O–H groups in total. The number of aryl methyl sites for hydroxylation is 1. The third-order valence-electron chi connectivity index (χ3n) is 5.23. The number of tetrazole rings is 1. The van der Waals surface area contributed by atoms with Crippen molar-refractivity contribution in [3.8, 4) is 0 Å². The largest absolute Gasteiger partial charge is 0.353 e.